The number of amides is 1. The molecule has 1 aromatic heterocycles. The minimum atomic E-state index is -0.169. The number of thiazole rings is 1. The quantitative estimate of drug-likeness (QED) is 0.683. The SMILES string of the molecule is COC(CNC(=O)c1sc(Cc2ccccc2)nc1C)c1ccccc1. The first kappa shape index (κ1) is 18.3. The lowest BCUT2D eigenvalue weighted by Crippen LogP contribution is -2.29. The van der Waals surface area contributed by atoms with Gasteiger partial charge in [-0.3, -0.25) is 4.79 Å². The van der Waals surface area contributed by atoms with Gasteiger partial charge in [-0.25, -0.2) is 4.98 Å². The standard InChI is InChI=1S/C21H22N2O2S/c1-15-20(26-19(23-15)13-16-9-5-3-6-10-16)21(24)22-14-18(25-2)17-11-7-4-8-12-17/h3-12,18H,13-14H2,1-2H3,(H,22,24). The molecule has 1 unspecified atom stereocenters. The average molecular weight is 366 g/mol. The molecule has 0 aliphatic carbocycles. The highest BCUT2D eigenvalue weighted by molar-refractivity contribution is 7.13. The van der Waals surface area contributed by atoms with Crippen molar-refractivity contribution in [2.75, 3.05) is 13.7 Å². The fourth-order valence-electron chi connectivity index (χ4n) is 2.78. The molecule has 1 N–H and O–H groups in total. The summed E-state index contributed by atoms with van der Waals surface area (Å²) in [6, 6.07) is 20.0. The molecule has 0 saturated carbocycles. The zero-order chi connectivity index (χ0) is 18.4. The summed E-state index contributed by atoms with van der Waals surface area (Å²) >= 11 is 1.45. The molecule has 0 radical (unpaired) electrons. The van der Waals surface area contributed by atoms with Gasteiger partial charge in [0.05, 0.1) is 16.8 Å². The molecule has 4 nitrogen and oxygen atoms in total. The fourth-order valence-corrected chi connectivity index (χ4v) is 3.79. The maximum Gasteiger partial charge on any atom is 0.263 e. The van der Waals surface area contributed by atoms with E-state index in [1.54, 1.807) is 7.11 Å². The summed E-state index contributed by atoms with van der Waals surface area (Å²) < 4.78 is 5.51. The molecule has 2 aromatic carbocycles. The molecule has 0 saturated heterocycles. The van der Waals surface area contributed by atoms with Gasteiger partial charge in [0.1, 0.15) is 4.88 Å². The number of carbonyl (C=O) groups is 1. The summed E-state index contributed by atoms with van der Waals surface area (Å²) in [5.41, 5.74) is 3.00. The highest BCUT2D eigenvalue weighted by Gasteiger charge is 2.17. The smallest absolute Gasteiger partial charge is 0.263 e. The number of ether oxygens (including phenoxy) is 1. The van der Waals surface area contributed by atoms with Crippen LogP contribution < -0.4 is 5.32 Å². The molecular formula is C21H22N2O2S. The van der Waals surface area contributed by atoms with Crippen molar-refractivity contribution in [3.63, 3.8) is 0 Å². The lowest BCUT2D eigenvalue weighted by atomic mass is 10.1. The van der Waals surface area contributed by atoms with Gasteiger partial charge < -0.3 is 10.1 Å². The van der Waals surface area contributed by atoms with E-state index < -0.39 is 0 Å². The molecule has 1 heterocycles. The Morgan fingerprint density at radius 2 is 1.77 bits per heavy atom. The van der Waals surface area contributed by atoms with Crippen LogP contribution in [0.1, 0.15) is 37.6 Å². The van der Waals surface area contributed by atoms with Crippen LogP contribution in [0.25, 0.3) is 0 Å². The first-order valence-electron chi connectivity index (χ1n) is 8.53. The van der Waals surface area contributed by atoms with Gasteiger partial charge in [-0.15, -0.1) is 11.3 Å². The number of hydrogen-bond acceptors (Lipinski definition) is 4. The summed E-state index contributed by atoms with van der Waals surface area (Å²) in [6.45, 7) is 2.30. The normalized spacial score (nSPS) is 11.9. The molecule has 0 aliphatic rings. The lowest BCUT2D eigenvalue weighted by molar-refractivity contribution is 0.0830. The number of aryl methyl sites for hydroxylation is 1. The Balaban J connectivity index is 1.64. The van der Waals surface area contributed by atoms with E-state index >= 15 is 0 Å². The number of nitrogens with zero attached hydrogens (tertiary/aromatic N) is 1. The highest BCUT2D eigenvalue weighted by Crippen LogP contribution is 2.21. The van der Waals surface area contributed by atoms with E-state index in [1.807, 2.05) is 55.5 Å². The predicted molar refractivity (Wildman–Crippen MR) is 105 cm³/mol. The van der Waals surface area contributed by atoms with E-state index in [2.05, 4.69) is 22.4 Å². The summed E-state index contributed by atoms with van der Waals surface area (Å²) in [5.74, 6) is -0.0997. The minimum absolute atomic E-state index is 0.0997. The summed E-state index contributed by atoms with van der Waals surface area (Å²) in [6.07, 6.45) is 0.571. The average Bonchev–Trinajstić information content (AvgIpc) is 3.04. The third kappa shape index (κ3) is 4.56. The molecule has 0 spiro atoms. The van der Waals surface area contributed by atoms with E-state index in [-0.39, 0.29) is 12.0 Å². The summed E-state index contributed by atoms with van der Waals surface area (Å²) in [4.78, 5) is 17.8. The van der Waals surface area contributed by atoms with Crippen LogP contribution in [0.3, 0.4) is 0 Å². The maximum absolute atomic E-state index is 12.6. The molecule has 0 bridgehead atoms. The molecule has 134 valence electrons. The van der Waals surface area contributed by atoms with Crippen molar-refractivity contribution < 1.29 is 9.53 Å². The van der Waals surface area contributed by atoms with Gasteiger partial charge >= 0.3 is 0 Å². The third-order valence-corrected chi connectivity index (χ3v) is 5.31. The predicted octanol–water partition coefficient (Wildman–Crippen LogP) is 4.16. The van der Waals surface area contributed by atoms with Crippen molar-refractivity contribution in [2.45, 2.75) is 19.4 Å². The van der Waals surface area contributed by atoms with Gasteiger partial charge in [0.15, 0.2) is 0 Å². The molecule has 5 heteroatoms. The number of carbonyl (C=O) groups excluding carboxylic acids is 1. The van der Waals surface area contributed by atoms with Gasteiger partial charge in [-0.2, -0.15) is 0 Å². The summed E-state index contributed by atoms with van der Waals surface area (Å²) in [7, 11) is 1.65. The molecule has 26 heavy (non-hydrogen) atoms. The monoisotopic (exact) mass is 366 g/mol. The van der Waals surface area contributed by atoms with Crippen LogP contribution >= 0.6 is 11.3 Å². The maximum atomic E-state index is 12.6. The molecular weight excluding hydrogens is 344 g/mol. The molecule has 1 amide bonds. The lowest BCUT2D eigenvalue weighted by Gasteiger charge is -2.16. The van der Waals surface area contributed by atoms with E-state index in [1.165, 1.54) is 16.9 Å². The Morgan fingerprint density at radius 3 is 2.42 bits per heavy atom. The number of nitrogens with one attached hydrogen (secondary N) is 1. The van der Waals surface area contributed by atoms with Gasteiger partial charge in [0, 0.05) is 20.1 Å². The second-order valence-corrected chi connectivity index (χ2v) is 7.11. The number of rotatable bonds is 7. The van der Waals surface area contributed by atoms with Crippen molar-refractivity contribution in [2.24, 2.45) is 0 Å². The first-order chi connectivity index (χ1) is 12.7. The first-order valence-corrected chi connectivity index (χ1v) is 9.35. The second kappa shape index (κ2) is 8.74. The Hall–Kier alpha value is -2.50. The third-order valence-electron chi connectivity index (χ3n) is 4.15. The molecule has 3 aromatic rings. The molecule has 0 aliphatic heterocycles. The van der Waals surface area contributed by atoms with Crippen LogP contribution in [0.5, 0.6) is 0 Å². The van der Waals surface area contributed by atoms with Gasteiger partial charge in [-0.1, -0.05) is 60.7 Å². The molecule has 0 fully saturated rings. The van der Waals surface area contributed by atoms with Gasteiger partial charge in [-0.05, 0) is 18.1 Å². The van der Waals surface area contributed by atoms with Crippen molar-refractivity contribution in [1.29, 1.82) is 0 Å². The van der Waals surface area contributed by atoms with Crippen molar-refractivity contribution in [3.05, 3.63) is 87.4 Å². The second-order valence-electron chi connectivity index (χ2n) is 6.03. The van der Waals surface area contributed by atoms with Gasteiger partial charge in [0.2, 0.25) is 0 Å². The molecule has 1 atom stereocenters. The fraction of sp³-hybridized carbons (Fsp3) is 0.238. The highest BCUT2D eigenvalue weighted by atomic mass is 32.1. The topological polar surface area (TPSA) is 51.2 Å². The van der Waals surface area contributed by atoms with E-state index in [9.17, 15) is 4.79 Å². The zero-order valence-corrected chi connectivity index (χ0v) is 15.8. The van der Waals surface area contributed by atoms with E-state index in [4.69, 9.17) is 4.74 Å². The van der Waals surface area contributed by atoms with Crippen LogP contribution in [0.15, 0.2) is 60.7 Å². The Kier molecular flexibility index (Phi) is 6.15. The van der Waals surface area contributed by atoms with Crippen molar-refractivity contribution >= 4 is 17.2 Å². The van der Waals surface area contributed by atoms with Crippen LogP contribution in [0.2, 0.25) is 0 Å². The number of hydrogen-bond donors (Lipinski definition) is 1. The van der Waals surface area contributed by atoms with E-state index in [0.29, 0.717) is 11.4 Å². The summed E-state index contributed by atoms with van der Waals surface area (Å²) in [5, 5.41) is 3.92. The number of methoxy groups -OCH3 is 1. The minimum Gasteiger partial charge on any atom is -0.375 e. The Bertz CT molecular complexity index is 847. The number of benzene rings is 2. The largest absolute Gasteiger partial charge is 0.375 e. The van der Waals surface area contributed by atoms with Crippen LogP contribution in [-0.2, 0) is 11.2 Å². The Morgan fingerprint density at radius 1 is 1.12 bits per heavy atom. The van der Waals surface area contributed by atoms with Crippen LogP contribution in [0, 0.1) is 6.92 Å². The van der Waals surface area contributed by atoms with Crippen molar-refractivity contribution in [3.8, 4) is 0 Å². The van der Waals surface area contributed by atoms with Gasteiger partial charge in [0.25, 0.3) is 5.91 Å². The van der Waals surface area contributed by atoms with Crippen LogP contribution in [0.4, 0.5) is 0 Å². The Labute approximate surface area is 157 Å². The van der Waals surface area contributed by atoms with Crippen molar-refractivity contribution in [1.82, 2.24) is 10.3 Å². The zero-order valence-electron chi connectivity index (χ0n) is 14.9. The van der Waals surface area contributed by atoms with E-state index in [0.717, 1.165) is 22.7 Å². The number of aromatic nitrogens is 1. The molecule has 3 rings (SSSR count). The van der Waals surface area contributed by atoms with Crippen LogP contribution in [-0.4, -0.2) is 24.5 Å².